The highest BCUT2D eigenvalue weighted by molar-refractivity contribution is 7.27. The lowest BCUT2D eigenvalue weighted by Gasteiger charge is -2.13. The highest BCUT2D eigenvalue weighted by Gasteiger charge is 2.20. The molecule has 0 fully saturated rings. The fraction of sp³-hybridized carbons (Fsp3) is 0. The summed E-state index contributed by atoms with van der Waals surface area (Å²) in [6.45, 7) is 0. The van der Waals surface area contributed by atoms with Crippen LogP contribution in [0.5, 0.6) is 0 Å². The summed E-state index contributed by atoms with van der Waals surface area (Å²) in [6.07, 6.45) is 0. The maximum atomic E-state index is 5.30. The molecular formula is C49H29N3S. The quantitative estimate of drug-likeness (QED) is 0.172. The number of rotatable bonds is 4. The third-order valence-corrected chi connectivity index (χ3v) is 11.7. The van der Waals surface area contributed by atoms with E-state index in [2.05, 4.69) is 176 Å². The summed E-state index contributed by atoms with van der Waals surface area (Å²) < 4.78 is 2.50. The molecule has 3 nitrogen and oxygen atoms in total. The summed E-state index contributed by atoms with van der Waals surface area (Å²) in [4.78, 5) is 15.8. The monoisotopic (exact) mass is 691 g/mol. The molecule has 0 atom stereocenters. The first-order chi connectivity index (χ1) is 26.2. The summed E-state index contributed by atoms with van der Waals surface area (Å²) in [5.41, 5.74) is 5.27. The van der Waals surface area contributed by atoms with Gasteiger partial charge in [-0.15, -0.1) is 11.3 Å². The summed E-state index contributed by atoms with van der Waals surface area (Å²) in [7, 11) is 0. The van der Waals surface area contributed by atoms with Crippen molar-refractivity contribution in [3.05, 3.63) is 176 Å². The maximum absolute atomic E-state index is 5.30. The first kappa shape index (κ1) is 29.9. The van der Waals surface area contributed by atoms with Crippen LogP contribution in [0.25, 0.3) is 109 Å². The molecule has 0 bridgehead atoms. The molecule has 0 spiro atoms. The number of thiophene rings is 1. The second-order valence-electron chi connectivity index (χ2n) is 13.6. The minimum absolute atomic E-state index is 0.647. The maximum Gasteiger partial charge on any atom is 0.164 e. The van der Waals surface area contributed by atoms with Crippen LogP contribution in [-0.4, -0.2) is 15.0 Å². The van der Waals surface area contributed by atoms with Gasteiger partial charge in [0.25, 0.3) is 0 Å². The zero-order chi connectivity index (χ0) is 34.9. The predicted octanol–water partition coefficient (Wildman–Crippen LogP) is 13.5. The molecule has 0 radical (unpaired) electrons. The topological polar surface area (TPSA) is 38.7 Å². The molecule has 0 unspecified atom stereocenters. The Labute approximate surface area is 309 Å². The average molecular weight is 692 g/mol. The van der Waals surface area contributed by atoms with Gasteiger partial charge in [0.15, 0.2) is 17.5 Å². The van der Waals surface area contributed by atoms with E-state index >= 15 is 0 Å². The smallest absolute Gasteiger partial charge is 0.164 e. The van der Waals surface area contributed by atoms with E-state index in [9.17, 15) is 0 Å². The van der Waals surface area contributed by atoms with Crippen molar-refractivity contribution in [1.82, 2.24) is 15.0 Å². The van der Waals surface area contributed by atoms with E-state index < -0.39 is 0 Å². The van der Waals surface area contributed by atoms with Gasteiger partial charge in [-0.3, -0.25) is 0 Å². The third-order valence-electron chi connectivity index (χ3n) is 10.5. The molecule has 0 aliphatic rings. The number of hydrogen-bond acceptors (Lipinski definition) is 4. The SMILES string of the molecule is c1ccc2cc(-c3nc(-c4ccc(-c5cccc6ccccc56)cc4)nc(-c4cc5ccc6ccccc6c5c5sc6ccccc6c45)n3)ccc2c1. The first-order valence-electron chi connectivity index (χ1n) is 17.9. The van der Waals surface area contributed by atoms with Gasteiger partial charge in [-0.1, -0.05) is 158 Å². The van der Waals surface area contributed by atoms with Crippen LogP contribution in [0.2, 0.25) is 0 Å². The number of nitrogens with zero attached hydrogens (tertiary/aromatic N) is 3. The Balaban J connectivity index is 1.16. The average Bonchev–Trinajstić information content (AvgIpc) is 3.62. The molecule has 53 heavy (non-hydrogen) atoms. The van der Waals surface area contributed by atoms with Crippen LogP contribution in [0.4, 0.5) is 0 Å². The Hall–Kier alpha value is -6.75. The third kappa shape index (κ3) is 4.91. The molecule has 4 heteroatoms. The Bertz CT molecular complexity index is 3230. The molecule has 11 rings (SSSR count). The highest BCUT2D eigenvalue weighted by atomic mass is 32.1. The van der Waals surface area contributed by atoms with Crippen LogP contribution in [0.15, 0.2) is 176 Å². The summed E-state index contributed by atoms with van der Waals surface area (Å²) >= 11 is 1.85. The van der Waals surface area contributed by atoms with Crippen LogP contribution in [0.3, 0.4) is 0 Å². The largest absolute Gasteiger partial charge is 0.208 e. The van der Waals surface area contributed by atoms with Gasteiger partial charge in [-0.2, -0.15) is 0 Å². The molecular weight excluding hydrogens is 663 g/mol. The zero-order valence-corrected chi connectivity index (χ0v) is 29.3. The van der Waals surface area contributed by atoms with Gasteiger partial charge in [-0.25, -0.2) is 15.0 Å². The van der Waals surface area contributed by atoms with E-state index in [1.54, 1.807) is 0 Å². The zero-order valence-electron chi connectivity index (χ0n) is 28.5. The lowest BCUT2D eigenvalue weighted by molar-refractivity contribution is 1.08. The molecule has 246 valence electrons. The Morgan fingerprint density at radius 3 is 1.72 bits per heavy atom. The van der Waals surface area contributed by atoms with Gasteiger partial charge in [0.05, 0.1) is 0 Å². The molecule has 2 heterocycles. The van der Waals surface area contributed by atoms with Crippen molar-refractivity contribution in [2.24, 2.45) is 0 Å². The molecule has 0 aliphatic carbocycles. The summed E-state index contributed by atoms with van der Waals surface area (Å²) in [6, 6.07) is 62.7. The molecule has 9 aromatic carbocycles. The van der Waals surface area contributed by atoms with Crippen molar-refractivity contribution in [1.29, 1.82) is 0 Å². The second kappa shape index (κ2) is 11.9. The first-order valence-corrected chi connectivity index (χ1v) is 18.7. The van der Waals surface area contributed by atoms with Crippen molar-refractivity contribution < 1.29 is 0 Å². The lowest BCUT2D eigenvalue weighted by atomic mass is 9.96. The van der Waals surface area contributed by atoms with E-state index in [0.29, 0.717) is 17.5 Å². The molecule has 2 aromatic heterocycles. The second-order valence-corrected chi connectivity index (χ2v) is 14.6. The van der Waals surface area contributed by atoms with Crippen LogP contribution in [0.1, 0.15) is 0 Å². The molecule has 0 aliphatic heterocycles. The molecule has 0 N–H and O–H groups in total. The number of benzene rings is 9. The fourth-order valence-electron chi connectivity index (χ4n) is 7.91. The van der Waals surface area contributed by atoms with Crippen molar-refractivity contribution in [3.63, 3.8) is 0 Å². The Morgan fingerprint density at radius 2 is 0.887 bits per heavy atom. The van der Waals surface area contributed by atoms with E-state index in [4.69, 9.17) is 15.0 Å². The molecule has 11 aromatic rings. The van der Waals surface area contributed by atoms with Gasteiger partial charge in [-0.05, 0) is 67.0 Å². The van der Waals surface area contributed by atoms with Crippen molar-refractivity contribution in [2.45, 2.75) is 0 Å². The van der Waals surface area contributed by atoms with Crippen LogP contribution < -0.4 is 0 Å². The summed E-state index contributed by atoms with van der Waals surface area (Å²) in [5, 5.41) is 12.1. The van der Waals surface area contributed by atoms with Crippen molar-refractivity contribution >= 4 is 74.6 Å². The lowest BCUT2D eigenvalue weighted by Crippen LogP contribution is -2.00. The Morgan fingerprint density at radius 1 is 0.321 bits per heavy atom. The van der Waals surface area contributed by atoms with E-state index in [1.807, 2.05) is 11.3 Å². The number of hydrogen-bond donors (Lipinski definition) is 0. The van der Waals surface area contributed by atoms with Crippen LogP contribution in [0, 0.1) is 0 Å². The van der Waals surface area contributed by atoms with Gasteiger partial charge in [0.1, 0.15) is 0 Å². The van der Waals surface area contributed by atoms with E-state index in [0.717, 1.165) is 27.6 Å². The highest BCUT2D eigenvalue weighted by Crippen LogP contribution is 2.46. The minimum atomic E-state index is 0.647. The number of fused-ring (bicyclic) bond motifs is 9. The Kier molecular flexibility index (Phi) is 6.73. The molecule has 0 saturated carbocycles. The van der Waals surface area contributed by atoms with Gasteiger partial charge < -0.3 is 0 Å². The molecule has 0 saturated heterocycles. The minimum Gasteiger partial charge on any atom is -0.208 e. The van der Waals surface area contributed by atoms with Gasteiger partial charge in [0.2, 0.25) is 0 Å². The van der Waals surface area contributed by atoms with E-state index in [1.165, 1.54) is 63.4 Å². The standard InChI is InChI=1S/C49H29N3S/c1-2-13-35-28-37(27-20-30(35)10-1)48-50-47(34-24-21-33(22-25-34)39-18-9-14-31-11-3-5-15-38(31)39)51-49(52-48)42-29-36-26-23-32-12-4-6-16-40(32)44(36)46-45(42)41-17-7-8-19-43(41)53-46/h1-29H. The predicted molar refractivity (Wildman–Crippen MR) is 224 cm³/mol. The summed E-state index contributed by atoms with van der Waals surface area (Å²) in [5.74, 6) is 1.97. The van der Waals surface area contributed by atoms with Crippen molar-refractivity contribution in [2.75, 3.05) is 0 Å². The number of aromatic nitrogens is 3. The van der Waals surface area contributed by atoms with Gasteiger partial charge in [0, 0.05) is 42.2 Å². The van der Waals surface area contributed by atoms with Crippen molar-refractivity contribution in [3.8, 4) is 45.3 Å². The van der Waals surface area contributed by atoms with Gasteiger partial charge >= 0.3 is 0 Å². The fourth-order valence-corrected chi connectivity index (χ4v) is 9.21. The normalized spacial score (nSPS) is 11.8. The van der Waals surface area contributed by atoms with E-state index in [-0.39, 0.29) is 0 Å². The van der Waals surface area contributed by atoms with Crippen LogP contribution in [-0.2, 0) is 0 Å². The van der Waals surface area contributed by atoms with Crippen LogP contribution >= 0.6 is 11.3 Å². The molecule has 0 amide bonds.